The average molecular weight is 435 g/mol. The lowest BCUT2D eigenvalue weighted by Crippen LogP contribution is -2.20. The molecule has 2 aromatic carbocycles. The zero-order valence-corrected chi connectivity index (χ0v) is 18.3. The molecular formula is C23H25N5O4. The molecule has 0 aliphatic heterocycles. The Bertz CT molecular complexity index is 1310. The summed E-state index contributed by atoms with van der Waals surface area (Å²) >= 11 is 0. The van der Waals surface area contributed by atoms with E-state index in [4.69, 9.17) is 4.74 Å². The van der Waals surface area contributed by atoms with Crippen LogP contribution in [0, 0.1) is 0 Å². The maximum atomic E-state index is 12.2. The normalized spacial score (nSPS) is 11.4. The predicted molar refractivity (Wildman–Crippen MR) is 121 cm³/mol. The van der Waals surface area contributed by atoms with E-state index in [0.717, 1.165) is 10.9 Å². The third-order valence-corrected chi connectivity index (χ3v) is 5.32. The Hall–Kier alpha value is -3.85. The van der Waals surface area contributed by atoms with Gasteiger partial charge in [-0.15, -0.1) is 10.2 Å². The molecule has 0 aliphatic rings. The molecule has 32 heavy (non-hydrogen) atoms. The summed E-state index contributed by atoms with van der Waals surface area (Å²) in [6, 6.07) is 10.8. The van der Waals surface area contributed by atoms with Crippen molar-refractivity contribution in [2.75, 3.05) is 19.0 Å². The number of ether oxygens (including phenoxy) is 1. The number of rotatable bonds is 6. The standard InChI is InChI=1S/C23H25N5O4/c1-13(2)16-10-17(20(30)11-19(16)29)22-25-26-23(24-21(31)12-32-4)28(22)15-5-6-18-14(9-15)7-8-27(18)3/h5-11,13,29-30H,12H2,1-4H3,(H,24,26,31). The first-order valence-electron chi connectivity index (χ1n) is 10.2. The Labute approximate surface area is 184 Å². The number of aryl methyl sites for hydroxylation is 1. The highest BCUT2D eigenvalue weighted by molar-refractivity contribution is 5.91. The first kappa shape index (κ1) is 21.4. The van der Waals surface area contributed by atoms with Crippen LogP contribution in [0.5, 0.6) is 11.5 Å². The number of aromatic nitrogens is 4. The number of amides is 1. The number of fused-ring (bicyclic) bond motifs is 1. The Morgan fingerprint density at radius 3 is 2.62 bits per heavy atom. The van der Waals surface area contributed by atoms with Crippen molar-refractivity contribution in [2.45, 2.75) is 19.8 Å². The number of aromatic hydroxyl groups is 2. The van der Waals surface area contributed by atoms with E-state index >= 15 is 0 Å². The Morgan fingerprint density at radius 1 is 1.12 bits per heavy atom. The minimum atomic E-state index is -0.383. The van der Waals surface area contributed by atoms with E-state index in [9.17, 15) is 15.0 Å². The molecule has 0 bridgehead atoms. The molecule has 0 aliphatic carbocycles. The van der Waals surface area contributed by atoms with Gasteiger partial charge in [-0.2, -0.15) is 0 Å². The maximum absolute atomic E-state index is 12.2. The molecule has 0 fully saturated rings. The van der Waals surface area contributed by atoms with Crippen LogP contribution in [-0.4, -0.2) is 49.2 Å². The van der Waals surface area contributed by atoms with E-state index < -0.39 is 0 Å². The van der Waals surface area contributed by atoms with Crippen molar-refractivity contribution in [1.29, 1.82) is 0 Å². The number of anilines is 1. The average Bonchev–Trinajstić information content (AvgIpc) is 3.31. The number of nitrogens with one attached hydrogen (secondary N) is 1. The fourth-order valence-corrected chi connectivity index (χ4v) is 3.72. The molecule has 0 unspecified atom stereocenters. The molecular weight excluding hydrogens is 410 g/mol. The number of hydrogen-bond donors (Lipinski definition) is 3. The first-order valence-corrected chi connectivity index (χ1v) is 10.2. The molecule has 166 valence electrons. The van der Waals surface area contributed by atoms with Gasteiger partial charge in [-0.25, -0.2) is 0 Å². The van der Waals surface area contributed by atoms with Crippen molar-refractivity contribution >= 4 is 22.8 Å². The summed E-state index contributed by atoms with van der Waals surface area (Å²) in [7, 11) is 3.39. The third kappa shape index (κ3) is 3.78. The summed E-state index contributed by atoms with van der Waals surface area (Å²) < 4.78 is 8.58. The summed E-state index contributed by atoms with van der Waals surface area (Å²) in [6.07, 6.45) is 1.96. The topological polar surface area (TPSA) is 114 Å². The van der Waals surface area contributed by atoms with Gasteiger partial charge in [-0.05, 0) is 41.8 Å². The van der Waals surface area contributed by atoms with E-state index in [1.165, 1.54) is 13.2 Å². The fraction of sp³-hybridized carbons (Fsp3) is 0.261. The largest absolute Gasteiger partial charge is 0.508 e. The third-order valence-electron chi connectivity index (χ3n) is 5.32. The molecule has 0 saturated carbocycles. The summed E-state index contributed by atoms with van der Waals surface area (Å²) in [4.78, 5) is 12.2. The number of nitrogens with zero attached hydrogens (tertiary/aromatic N) is 4. The highest BCUT2D eigenvalue weighted by Gasteiger charge is 2.22. The van der Waals surface area contributed by atoms with Crippen molar-refractivity contribution in [2.24, 2.45) is 7.05 Å². The van der Waals surface area contributed by atoms with Crippen molar-refractivity contribution in [3.8, 4) is 28.6 Å². The van der Waals surface area contributed by atoms with Crippen LogP contribution in [0.25, 0.3) is 28.0 Å². The smallest absolute Gasteiger partial charge is 0.252 e. The highest BCUT2D eigenvalue weighted by atomic mass is 16.5. The van der Waals surface area contributed by atoms with Gasteiger partial charge in [-0.1, -0.05) is 13.8 Å². The monoisotopic (exact) mass is 435 g/mol. The van der Waals surface area contributed by atoms with Crippen LogP contribution in [0.3, 0.4) is 0 Å². The molecule has 1 amide bonds. The van der Waals surface area contributed by atoms with Crippen molar-refractivity contribution in [3.05, 3.63) is 48.2 Å². The van der Waals surface area contributed by atoms with Gasteiger partial charge >= 0.3 is 0 Å². The quantitative estimate of drug-likeness (QED) is 0.427. The van der Waals surface area contributed by atoms with Gasteiger partial charge in [0.1, 0.15) is 18.1 Å². The van der Waals surface area contributed by atoms with E-state index in [-0.39, 0.29) is 35.9 Å². The predicted octanol–water partition coefficient (Wildman–Crippen LogP) is 3.55. The number of hydrogen-bond acceptors (Lipinski definition) is 6. The molecule has 3 N–H and O–H groups in total. The van der Waals surface area contributed by atoms with Crippen molar-refractivity contribution < 1.29 is 19.7 Å². The summed E-state index contributed by atoms with van der Waals surface area (Å²) in [5.74, 6) is 0.0182. The lowest BCUT2D eigenvalue weighted by molar-refractivity contribution is -0.119. The van der Waals surface area contributed by atoms with Gasteiger partial charge in [0.25, 0.3) is 5.91 Å². The Kier molecular flexibility index (Phi) is 5.58. The second-order valence-electron chi connectivity index (χ2n) is 7.92. The van der Waals surface area contributed by atoms with Gasteiger partial charge in [0, 0.05) is 37.3 Å². The second-order valence-corrected chi connectivity index (χ2v) is 7.92. The minimum Gasteiger partial charge on any atom is -0.508 e. The minimum absolute atomic E-state index is 0.00615. The van der Waals surface area contributed by atoms with E-state index in [1.54, 1.807) is 10.6 Å². The van der Waals surface area contributed by atoms with Crippen LogP contribution in [0.2, 0.25) is 0 Å². The van der Waals surface area contributed by atoms with Crippen molar-refractivity contribution in [1.82, 2.24) is 19.3 Å². The van der Waals surface area contributed by atoms with Crippen LogP contribution in [0.1, 0.15) is 25.3 Å². The number of carbonyl (C=O) groups excluding carboxylic acids is 1. The number of carbonyl (C=O) groups is 1. The van der Waals surface area contributed by atoms with Crippen LogP contribution in [0.4, 0.5) is 5.95 Å². The molecule has 0 atom stereocenters. The lowest BCUT2D eigenvalue weighted by atomic mass is 9.98. The van der Waals surface area contributed by atoms with Gasteiger partial charge in [-0.3, -0.25) is 14.7 Å². The SMILES string of the molecule is COCC(=O)Nc1nnc(-c2cc(C(C)C)c(O)cc2O)n1-c1ccc2c(ccn2C)c1. The molecule has 0 radical (unpaired) electrons. The number of phenolic OH excluding ortho intramolecular Hbond substituents is 2. The van der Waals surface area contributed by atoms with E-state index in [2.05, 4.69) is 15.5 Å². The van der Waals surface area contributed by atoms with Gasteiger partial charge in [0.05, 0.1) is 11.3 Å². The van der Waals surface area contributed by atoms with Gasteiger partial charge in [0.2, 0.25) is 5.95 Å². The number of phenols is 2. The molecule has 9 heteroatoms. The molecule has 2 heterocycles. The highest BCUT2D eigenvalue weighted by Crippen LogP contribution is 2.39. The van der Waals surface area contributed by atoms with E-state index in [1.807, 2.05) is 55.9 Å². The van der Waals surface area contributed by atoms with Crippen LogP contribution >= 0.6 is 0 Å². The molecule has 4 rings (SSSR count). The van der Waals surface area contributed by atoms with Crippen LogP contribution in [-0.2, 0) is 16.6 Å². The molecule has 0 spiro atoms. The summed E-state index contributed by atoms with van der Waals surface area (Å²) in [5, 5.41) is 33.0. The zero-order chi connectivity index (χ0) is 23.0. The maximum Gasteiger partial charge on any atom is 0.252 e. The fourth-order valence-electron chi connectivity index (χ4n) is 3.72. The molecule has 9 nitrogen and oxygen atoms in total. The molecule has 4 aromatic rings. The van der Waals surface area contributed by atoms with Gasteiger partial charge in [0.15, 0.2) is 5.82 Å². The summed E-state index contributed by atoms with van der Waals surface area (Å²) in [6.45, 7) is 3.75. The second kappa shape index (κ2) is 8.35. The number of benzene rings is 2. The molecule has 2 aromatic heterocycles. The van der Waals surface area contributed by atoms with Crippen molar-refractivity contribution in [3.63, 3.8) is 0 Å². The van der Waals surface area contributed by atoms with E-state index in [0.29, 0.717) is 22.6 Å². The van der Waals surface area contributed by atoms with Crippen LogP contribution < -0.4 is 5.32 Å². The molecule has 0 saturated heterocycles. The Balaban J connectivity index is 1.93. The number of methoxy groups -OCH3 is 1. The first-order chi connectivity index (χ1) is 15.3. The lowest BCUT2D eigenvalue weighted by Gasteiger charge is -2.15. The summed E-state index contributed by atoms with van der Waals surface area (Å²) in [5.41, 5.74) is 2.80. The Morgan fingerprint density at radius 2 is 1.91 bits per heavy atom. The van der Waals surface area contributed by atoms with Crippen LogP contribution in [0.15, 0.2) is 42.6 Å². The van der Waals surface area contributed by atoms with Gasteiger partial charge < -0.3 is 19.5 Å². The zero-order valence-electron chi connectivity index (χ0n) is 18.3.